The maximum absolute atomic E-state index is 13.5. The van der Waals surface area contributed by atoms with Gasteiger partial charge < -0.3 is 26.2 Å². The number of allylic oxidation sites excluding steroid dienone is 1. The summed E-state index contributed by atoms with van der Waals surface area (Å²) in [4.78, 5) is 40.1. The highest BCUT2D eigenvalue weighted by atomic mass is 32.2. The Bertz CT molecular complexity index is 1360. The molecule has 0 radical (unpaired) electrons. The average molecular weight is 508 g/mol. The van der Waals surface area contributed by atoms with Crippen molar-refractivity contribution in [3.05, 3.63) is 45.9 Å². The van der Waals surface area contributed by atoms with Crippen molar-refractivity contribution >= 4 is 33.2 Å². The van der Waals surface area contributed by atoms with Crippen LogP contribution in [-0.2, 0) is 26.0 Å². The number of aromatic hydroxyl groups is 1. The summed E-state index contributed by atoms with van der Waals surface area (Å²) in [6.07, 6.45) is 0.802. The number of likely N-dealkylation sites (N-methyl/N-ethyl adjacent to an activating group) is 1. The molecule has 0 bridgehead atoms. The van der Waals surface area contributed by atoms with Gasteiger partial charge in [-0.15, -0.1) is 0 Å². The Morgan fingerprint density at radius 3 is 2.37 bits per heavy atom. The predicted octanol–water partition coefficient (Wildman–Crippen LogP) is -0.508. The van der Waals surface area contributed by atoms with Crippen molar-refractivity contribution < 1.29 is 43.2 Å². The highest BCUT2D eigenvalue weighted by Crippen LogP contribution is 2.52. The molecule has 0 saturated heterocycles. The second kappa shape index (κ2) is 7.80. The molecule has 3 aliphatic carbocycles. The van der Waals surface area contributed by atoms with E-state index in [4.69, 9.17) is 5.73 Å². The summed E-state index contributed by atoms with van der Waals surface area (Å²) in [6.45, 7) is 0. The quantitative estimate of drug-likeness (QED) is 0.227. The first-order valence-corrected chi connectivity index (χ1v) is 12.5. The number of aliphatic hydroxyl groups is 3. The third kappa shape index (κ3) is 3.49. The van der Waals surface area contributed by atoms with E-state index in [-0.39, 0.29) is 35.2 Å². The number of anilines is 1. The van der Waals surface area contributed by atoms with Crippen LogP contribution in [0.3, 0.4) is 0 Å². The zero-order valence-corrected chi connectivity index (χ0v) is 19.9. The smallest absolute Gasteiger partial charge is 0.255 e. The molecule has 7 N–H and O–H groups in total. The molecule has 0 spiro atoms. The molecule has 4 rings (SSSR count). The topological polar surface area (TPSA) is 208 Å². The van der Waals surface area contributed by atoms with Crippen molar-refractivity contribution in [2.24, 2.45) is 17.6 Å². The second-order valence-electron chi connectivity index (χ2n) is 9.32. The molecule has 188 valence electrons. The zero-order chi connectivity index (χ0) is 26.2. The first-order valence-electron chi connectivity index (χ1n) is 10.6. The maximum Gasteiger partial charge on any atom is 0.255 e. The van der Waals surface area contributed by atoms with E-state index in [0.29, 0.717) is 0 Å². The fourth-order valence-corrected chi connectivity index (χ4v) is 6.14. The Hall–Kier alpha value is -3.42. The Kier molecular flexibility index (Phi) is 5.50. The number of nitrogens with two attached hydrogens (primary N) is 1. The van der Waals surface area contributed by atoms with Crippen LogP contribution in [0.1, 0.15) is 22.3 Å². The van der Waals surface area contributed by atoms with Gasteiger partial charge in [-0.1, -0.05) is 0 Å². The third-order valence-electron chi connectivity index (χ3n) is 6.90. The van der Waals surface area contributed by atoms with E-state index in [1.807, 2.05) is 0 Å². The summed E-state index contributed by atoms with van der Waals surface area (Å²) >= 11 is 0. The van der Waals surface area contributed by atoms with Crippen molar-refractivity contribution in [2.45, 2.75) is 24.5 Å². The van der Waals surface area contributed by atoms with Gasteiger partial charge in [-0.25, -0.2) is 8.42 Å². The van der Waals surface area contributed by atoms with Gasteiger partial charge in [0.25, 0.3) is 5.91 Å². The zero-order valence-electron chi connectivity index (χ0n) is 19.1. The number of primary amides is 1. The van der Waals surface area contributed by atoms with Crippen LogP contribution in [0.2, 0.25) is 0 Å². The van der Waals surface area contributed by atoms with E-state index < -0.39 is 73.8 Å². The first kappa shape index (κ1) is 24.7. The van der Waals surface area contributed by atoms with E-state index in [1.54, 1.807) is 0 Å². The largest absolute Gasteiger partial charge is 0.510 e. The third-order valence-corrected chi connectivity index (χ3v) is 7.49. The van der Waals surface area contributed by atoms with E-state index in [0.717, 1.165) is 12.3 Å². The summed E-state index contributed by atoms with van der Waals surface area (Å²) in [5.74, 6) is -7.64. The molecule has 0 heterocycles. The van der Waals surface area contributed by atoms with Crippen LogP contribution in [0.15, 0.2) is 34.8 Å². The summed E-state index contributed by atoms with van der Waals surface area (Å²) in [6, 6.07) is 1.30. The molecular formula is C22H25N3O9S. The number of sulfonamides is 1. The molecule has 4 atom stereocenters. The lowest BCUT2D eigenvalue weighted by Gasteiger charge is -2.50. The fourth-order valence-electron chi connectivity index (χ4n) is 5.55. The molecule has 35 heavy (non-hydrogen) atoms. The lowest BCUT2D eigenvalue weighted by atomic mass is 9.58. The van der Waals surface area contributed by atoms with Gasteiger partial charge in [-0.3, -0.25) is 24.0 Å². The van der Waals surface area contributed by atoms with Gasteiger partial charge in [0.15, 0.2) is 11.4 Å². The van der Waals surface area contributed by atoms with Gasteiger partial charge in [0.2, 0.25) is 15.8 Å². The normalized spacial score (nSPS) is 28.5. The number of nitrogens with one attached hydrogen (secondary N) is 1. The van der Waals surface area contributed by atoms with Crippen LogP contribution in [0.4, 0.5) is 5.69 Å². The molecular weight excluding hydrogens is 482 g/mol. The van der Waals surface area contributed by atoms with E-state index in [2.05, 4.69) is 4.72 Å². The van der Waals surface area contributed by atoms with E-state index in [1.165, 1.54) is 25.1 Å². The number of hydrogen-bond acceptors (Lipinski definition) is 10. The molecule has 0 aliphatic heterocycles. The summed E-state index contributed by atoms with van der Waals surface area (Å²) in [5.41, 5.74) is 1.32. The number of hydrogen-bond donors (Lipinski definition) is 6. The molecule has 12 nitrogen and oxygen atoms in total. The lowest BCUT2D eigenvalue weighted by molar-refractivity contribution is -0.148. The Morgan fingerprint density at radius 2 is 1.83 bits per heavy atom. The Balaban J connectivity index is 1.96. The average Bonchev–Trinajstić information content (AvgIpc) is 2.71. The minimum absolute atomic E-state index is 0.0270. The number of Topliss-reactive ketones (excluding diaryl/α,β-unsaturated/α-hetero) is 2. The van der Waals surface area contributed by atoms with E-state index in [9.17, 15) is 43.2 Å². The molecule has 0 fully saturated rings. The lowest BCUT2D eigenvalue weighted by Crippen LogP contribution is -2.63. The SMILES string of the molecule is CN(C)C1C(O)=C(C(N)=O)C(=O)[C@]2(O)C(O)=C3C(=O)c4c(O)ccc(NS(C)(=O)=O)c4C[C@@H]3C[C@H]12. The van der Waals surface area contributed by atoms with Crippen LogP contribution < -0.4 is 10.5 Å². The van der Waals surface area contributed by atoms with Crippen LogP contribution in [0.25, 0.3) is 0 Å². The van der Waals surface area contributed by atoms with Gasteiger partial charge in [0.05, 0.1) is 23.5 Å². The number of phenolic OH excluding ortho intramolecular Hbond substituents is 1. The number of benzene rings is 1. The number of aliphatic hydroxyl groups excluding tert-OH is 2. The predicted molar refractivity (Wildman–Crippen MR) is 122 cm³/mol. The van der Waals surface area contributed by atoms with Gasteiger partial charge in [-0.2, -0.15) is 0 Å². The number of ketones is 2. The number of amides is 1. The number of carbonyl (C=O) groups is 3. The van der Waals surface area contributed by atoms with Gasteiger partial charge in [-0.05, 0) is 50.6 Å². The minimum Gasteiger partial charge on any atom is -0.510 e. The highest BCUT2D eigenvalue weighted by Gasteiger charge is 2.63. The van der Waals surface area contributed by atoms with Crippen molar-refractivity contribution in [1.29, 1.82) is 0 Å². The fraction of sp³-hybridized carbons (Fsp3) is 0.409. The number of phenols is 1. The molecule has 0 aromatic heterocycles. The van der Waals surface area contributed by atoms with Crippen molar-refractivity contribution in [3.63, 3.8) is 0 Å². The van der Waals surface area contributed by atoms with Crippen molar-refractivity contribution in [2.75, 3.05) is 25.1 Å². The standard InChI is InChI=1S/C22H25N3O9S/c1-25(2)16-10-7-8-6-9-11(24-35(3,33)34)4-5-12(26)14(9)17(27)13(8)19(29)22(10,32)20(30)15(18(16)28)21(23)31/h4-5,8,10,16,24,26,28-29,32H,6-7H2,1-3H3,(H2,23,31)/t8-,10-,16?,22-/m1/s1. The first-order chi connectivity index (χ1) is 16.1. The summed E-state index contributed by atoms with van der Waals surface area (Å²) in [5, 5.41) is 43.8. The van der Waals surface area contributed by atoms with Gasteiger partial charge in [0.1, 0.15) is 22.8 Å². The van der Waals surface area contributed by atoms with E-state index >= 15 is 0 Å². The molecule has 1 unspecified atom stereocenters. The van der Waals surface area contributed by atoms with Crippen LogP contribution in [0, 0.1) is 11.8 Å². The highest BCUT2D eigenvalue weighted by molar-refractivity contribution is 7.92. The molecule has 1 aromatic carbocycles. The van der Waals surface area contributed by atoms with Crippen LogP contribution >= 0.6 is 0 Å². The summed E-state index contributed by atoms with van der Waals surface area (Å²) in [7, 11) is -0.683. The Labute approximate surface area is 200 Å². The van der Waals surface area contributed by atoms with Crippen molar-refractivity contribution in [3.8, 4) is 5.75 Å². The number of fused-ring (bicyclic) bond motifs is 3. The molecule has 3 aliphatic rings. The van der Waals surface area contributed by atoms with Gasteiger partial charge >= 0.3 is 0 Å². The van der Waals surface area contributed by atoms with Crippen molar-refractivity contribution in [1.82, 2.24) is 4.90 Å². The molecule has 0 saturated carbocycles. The molecule has 1 aromatic rings. The van der Waals surface area contributed by atoms with Crippen LogP contribution in [0.5, 0.6) is 5.75 Å². The number of rotatable bonds is 4. The number of carbonyl (C=O) groups excluding carboxylic acids is 3. The second-order valence-corrected chi connectivity index (χ2v) is 11.1. The van der Waals surface area contributed by atoms with Crippen LogP contribution in [-0.4, -0.2) is 83.2 Å². The molecule has 13 heteroatoms. The van der Waals surface area contributed by atoms with Gasteiger partial charge in [0, 0.05) is 11.5 Å². The molecule has 1 amide bonds. The summed E-state index contributed by atoms with van der Waals surface area (Å²) < 4.78 is 26.0. The Morgan fingerprint density at radius 1 is 1.20 bits per heavy atom. The maximum atomic E-state index is 13.5. The minimum atomic E-state index is -3.74. The number of nitrogens with zero attached hydrogens (tertiary/aromatic N) is 1. The monoisotopic (exact) mass is 507 g/mol.